The van der Waals surface area contributed by atoms with Crippen LogP contribution in [-0.4, -0.2) is 63.9 Å². The van der Waals surface area contributed by atoms with Crippen LogP contribution in [0.25, 0.3) is 16.8 Å². The minimum atomic E-state index is 0.523. The molecule has 5 rings (SSSR count). The second kappa shape index (κ2) is 11.1. The number of fused-ring (bicyclic) bond motifs is 1. The van der Waals surface area contributed by atoms with E-state index in [0.717, 1.165) is 49.6 Å². The number of nitrogens with zero attached hydrogens (tertiary/aromatic N) is 6. The molecule has 36 heavy (non-hydrogen) atoms. The van der Waals surface area contributed by atoms with E-state index in [2.05, 4.69) is 32.7 Å². The quantitative estimate of drug-likeness (QED) is 0.329. The van der Waals surface area contributed by atoms with Crippen molar-refractivity contribution < 1.29 is 4.74 Å². The van der Waals surface area contributed by atoms with Crippen LogP contribution >= 0.6 is 23.2 Å². The number of pyridine rings is 1. The number of nitrogens with one attached hydrogen (secondary N) is 2. The molecule has 1 saturated heterocycles. The van der Waals surface area contributed by atoms with E-state index in [-0.39, 0.29) is 0 Å². The van der Waals surface area contributed by atoms with Gasteiger partial charge in [-0.3, -0.25) is 4.90 Å². The van der Waals surface area contributed by atoms with Gasteiger partial charge in [0.25, 0.3) is 0 Å². The Bertz CT molecular complexity index is 1390. The molecule has 1 aromatic carbocycles. The monoisotopic (exact) mass is 522 g/mol. The fourth-order valence-electron chi connectivity index (χ4n) is 4.00. The van der Waals surface area contributed by atoms with Gasteiger partial charge < -0.3 is 15.4 Å². The summed E-state index contributed by atoms with van der Waals surface area (Å²) in [7, 11) is 0. The lowest BCUT2D eigenvalue weighted by molar-refractivity contribution is 0.0336. The van der Waals surface area contributed by atoms with E-state index in [9.17, 15) is 0 Å². The van der Waals surface area contributed by atoms with Crippen LogP contribution in [0, 0.1) is 11.3 Å². The summed E-state index contributed by atoms with van der Waals surface area (Å²) in [5.74, 6) is 1.40. The highest BCUT2D eigenvalue weighted by molar-refractivity contribution is 6.36. The number of nitriles is 1. The lowest BCUT2D eigenvalue weighted by atomic mass is 10.1. The molecule has 9 nitrogen and oxygen atoms in total. The van der Waals surface area contributed by atoms with Gasteiger partial charge in [-0.25, -0.2) is 14.5 Å². The maximum absolute atomic E-state index is 8.93. The highest BCUT2D eigenvalue weighted by atomic mass is 35.5. The molecule has 2 N–H and O–H groups in total. The normalized spacial score (nSPS) is 14.0. The van der Waals surface area contributed by atoms with E-state index in [4.69, 9.17) is 43.3 Å². The smallest absolute Gasteiger partial charge is 0.152 e. The fraction of sp³-hybridized carbons (Fsp3) is 0.280. The van der Waals surface area contributed by atoms with Crippen LogP contribution in [-0.2, 0) is 11.3 Å². The molecular formula is C25H24Cl2N8O. The summed E-state index contributed by atoms with van der Waals surface area (Å²) in [6.45, 7) is 5.19. The third kappa shape index (κ3) is 5.69. The van der Waals surface area contributed by atoms with Gasteiger partial charge in [0.1, 0.15) is 17.4 Å². The van der Waals surface area contributed by atoms with E-state index in [1.165, 1.54) is 0 Å². The molecule has 0 radical (unpaired) electrons. The first kappa shape index (κ1) is 24.3. The predicted molar refractivity (Wildman–Crippen MR) is 140 cm³/mol. The molecule has 1 fully saturated rings. The van der Waals surface area contributed by atoms with Crippen LogP contribution < -0.4 is 10.6 Å². The Morgan fingerprint density at radius 2 is 1.89 bits per heavy atom. The number of rotatable bonds is 8. The summed E-state index contributed by atoms with van der Waals surface area (Å²) >= 11 is 12.6. The first-order valence-electron chi connectivity index (χ1n) is 11.6. The molecular weight excluding hydrogens is 499 g/mol. The number of hydrogen-bond donors (Lipinski definition) is 2. The van der Waals surface area contributed by atoms with Crippen LogP contribution in [0.2, 0.25) is 10.0 Å². The molecule has 11 heteroatoms. The number of benzene rings is 1. The highest BCUT2D eigenvalue weighted by Crippen LogP contribution is 2.31. The molecule has 4 aromatic rings. The molecule has 4 heterocycles. The molecule has 1 aliphatic heterocycles. The predicted octanol–water partition coefficient (Wildman–Crippen LogP) is 4.33. The number of ether oxygens (including phenoxy) is 1. The second-order valence-corrected chi connectivity index (χ2v) is 9.19. The molecule has 1 aliphatic rings. The van der Waals surface area contributed by atoms with Crippen molar-refractivity contribution in [2.24, 2.45) is 0 Å². The number of morpholine rings is 1. The van der Waals surface area contributed by atoms with Gasteiger partial charge in [-0.2, -0.15) is 10.4 Å². The van der Waals surface area contributed by atoms with Gasteiger partial charge in [-0.05, 0) is 36.4 Å². The van der Waals surface area contributed by atoms with Crippen LogP contribution in [0.1, 0.15) is 11.3 Å². The zero-order valence-corrected chi connectivity index (χ0v) is 20.9. The molecule has 0 spiro atoms. The summed E-state index contributed by atoms with van der Waals surface area (Å²) in [4.78, 5) is 11.5. The largest absolute Gasteiger partial charge is 0.379 e. The van der Waals surface area contributed by atoms with E-state index < -0.39 is 0 Å². The minimum Gasteiger partial charge on any atom is -0.379 e. The van der Waals surface area contributed by atoms with Crippen molar-refractivity contribution in [1.29, 1.82) is 5.26 Å². The van der Waals surface area contributed by atoms with Gasteiger partial charge in [-0.1, -0.05) is 23.2 Å². The van der Waals surface area contributed by atoms with E-state index in [0.29, 0.717) is 46.0 Å². The Morgan fingerprint density at radius 3 is 2.64 bits per heavy atom. The minimum absolute atomic E-state index is 0.523. The number of halogens is 2. The van der Waals surface area contributed by atoms with Gasteiger partial charge in [0, 0.05) is 49.5 Å². The third-order valence-corrected chi connectivity index (χ3v) is 6.37. The first-order valence-corrected chi connectivity index (χ1v) is 12.3. The van der Waals surface area contributed by atoms with E-state index >= 15 is 0 Å². The second-order valence-electron chi connectivity index (χ2n) is 8.35. The standard InChI is InChI=1S/C25H24Cl2N8O/c26-18-2-3-20(21(27)11-18)22-16-35-23(12-19(33-35)15-34-7-9-36-10-8-34)25(32-22)30-6-5-29-24-4-1-17(13-28)14-31-24/h1-4,11-12,14,16H,5-10,15H2,(H,29,31)(H,30,32). The summed E-state index contributed by atoms with van der Waals surface area (Å²) < 4.78 is 7.31. The van der Waals surface area contributed by atoms with Crippen molar-refractivity contribution in [2.45, 2.75) is 6.54 Å². The molecule has 0 amide bonds. The summed E-state index contributed by atoms with van der Waals surface area (Å²) in [5, 5.41) is 21.5. The molecule has 0 aliphatic carbocycles. The summed E-state index contributed by atoms with van der Waals surface area (Å²) in [6.07, 6.45) is 3.43. The number of anilines is 2. The van der Waals surface area contributed by atoms with Crippen LogP contribution in [0.5, 0.6) is 0 Å². The molecule has 0 bridgehead atoms. The Morgan fingerprint density at radius 1 is 1.06 bits per heavy atom. The average Bonchev–Trinajstić information content (AvgIpc) is 3.30. The zero-order valence-electron chi connectivity index (χ0n) is 19.4. The highest BCUT2D eigenvalue weighted by Gasteiger charge is 2.16. The molecule has 184 valence electrons. The summed E-state index contributed by atoms with van der Waals surface area (Å²) in [5.41, 5.74) is 3.83. The number of hydrogen-bond acceptors (Lipinski definition) is 8. The topological polar surface area (TPSA) is 103 Å². The Kier molecular flexibility index (Phi) is 7.49. The fourth-order valence-corrected chi connectivity index (χ4v) is 4.51. The van der Waals surface area contributed by atoms with Crippen LogP contribution in [0.3, 0.4) is 0 Å². The average molecular weight is 523 g/mol. The van der Waals surface area contributed by atoms with Gasteiger partial charge in [0.2, 0.25) is 0 Å². The maximum atomic E-state index is 8.93. The van der Waals surface area contributed by atoms with Crippen LogP contribution in [0.15, 0.2) is 48.8 Å². The van der Waals surface area contributed by atoms with Crippen molar-refractivity contribution in [2.75, 3.05) is 50.0 Å². The van der Waals surface area contributed by atoms with Crippen molar-refractivity contribution in [1.82, 2.24) is 24.5 Å². The van der Waals surface area contributed by atoms with Gasteiger partial charge >= 0.3 is 0 Å². The van der Waals surface area contributed by atoms with Gasteiger partial charge in [0.15, 0.2) is 5.82 Å². The molecule has 0 unspecified atom stereocenters. The molecule has 0 atom stereocenters. The third-order valence-electron chi connectivity index (χ3n) is 5.82. The first-order chi connectivity index (χ1) is 17.6. The van der Waals surface area contributed by atoms with Gasteiger partial charge in [0.05, 0.1) is 41.4 Å². The van der Waals surface area contributed by atoms with Crippen LogP contribution in [0.4, 0.5) is 11.6 Å². The Balaban J connectivity index is 1.38. The maximum Gasteiger partial charge on any atom is 0.152 e. The SMILES string of the molecule is N#Cc1ccc(NCCNc2nc(-c3ccc(Cl)cc3Cl)cn3nc(CN4CCOCC4)cc23)nc1. The van der Waals surface area contributed by atoms with E-state index in [1.54, 1.807) is 30.5 Å². The molecule has 3 aromatic heterocycles. The Hall–Kier alpha value is -3.42. The van der Waals surface area contributed by atoms with Crippen molar-refractivity contribution >= 4 is 40.4 Å². The van der Waals surface area contributed by atoms with Crippen molar-refractivity contribution in [3.05, 3.63) is 70.1 Å². The zero-order chi connectivity index (χ0) is 24.9. The lowest BCUT2D eigenvalue weighted by Gasteiger charge is -2.25. The molecule has 0 saturated carbocycles. The number of aromatic nitrogens is 4. The van der Waals surface area contributed by atoms with Gasteiger partial charge in [-0.15, -0.1) is 0 Å². The van der Waals surface area contributed by atoms with Crippen molar-refractivity contribution in [3.63, 3.8) is 0 Å². The lowest BCUT2D eigenvalue weighted by Crippen LogP contribution is -2.35. The van der Waals surface area contributed by atoms with Crippen molar-refractivity contribution in [3.8, 4) is 17.3 Å². The van der Waals surface area contributed by atoms with E-state index in [1.807, 2.05) is 16.8 Å². The summed E-state index contributed by atoms with van der Waals surface area (Å²) in [6, 6.07) is 13.0. The Labute approximate surface area is 218 Å².